The maximum atomic E-state index is 13.2. The van der Waals surface area contributed by atoms with Gasteiger partial charge in [-0.2, -0.15) is 0 Å². The molecule has 0 aromatic heterocycles. The van der Waals surface area contributed by atoms with Crippen LogP contribution in [0.3, 0.4) is 0 Å². The number of nitrogens with zero attached hydrogens (tertiary/aromatic N) is 1. The molecule has 2 rings (SSSR count). The Morgan fingerprint density at radius 1 is 1.08 bits per heavy atom. The van der Waals surface area contributed by atoms with E-state index < -0.39 is 11.5 Å². The molecule has 1 amide bonds. The third-order valence-corrected chi connectivity index (χ3v) is 5.26. The van der Waals surface area contributed by atoms with E-state index in [1.165, 1.54) is 0 Å². The zero-order valence-corrected chi connectivity index (χ0v) is 15.6. The van der Waals surface area contributed by atoms with Crippen LogP contribution in [0.2, 0.25) is 0 Å². The number of carbonyl (C=O) groups excluding carboxylic acids is 1. The number of aliphatic hydroxyl groups excluding tert-OH is 1. The summed E-state index contributed by atoms with van der Waals surface area (Å²) in [5.41, 5.74) is 1.50. The van der Waals surface area contributed by atoms with Crippen molar-refractivity contribution in [1.82, 2.24) is 4.90 Å². The van der Waals surface area contributed by atoms with Crippen LogP contribution < -0.4 is 0 Å². The molecule has 2 aromatic carbocycles. The molecule has 1 N–H and O–H groups in total. The third kappa shape index (κ3) is 4.49. The fraction of sp³-hybridized carbons (Fsp3) is 0.409. The minimum atomic E-state index is -0.701. The van der Waals surface area contributed by atoms with Gasteiger partial charge in [-0.1, -0.05) is 74.5 Å². The van der Waals surface area contributed by atoms with E-state index in [0.29, 0.717) is 6.42 Å². The van der Waals surface area contributed by atoms with Crippen molar-refractivity contribution in [2.75, 3.05) is 7.05 Å². The van der Waals surface area contributed by atoms with Crippen LogP contribution in [0, 0.1) is 5.41 Å². The molecule has 0 saturated heterocycles. The standard InChI is InChI=1S/C22H29NO2/c1-5-22(3,16-18-12-8-6-9-13-18)21(25)23(4)17(2)20(24)19-14-10-7-11-15-19/h6-15,17,20,24H,5,16H2,1-4H3/t17-,20+,22+/m0/s1. The van der Waals surface area contributed by atoms with E-state index >= 15 is 0 Å². The molecule has 0 aliphatic rings. The molecule has 0 radical (unpaired) electrons. The van der Waals surface area contributed by atoms with Gasteiger partial charge in [0, 0.05) is 7.05 Å². The highest BCUT2D eigenvalue weighted by Gasteiger charge is 2.37. The molecule has 0 aliphatic heterocycles. The molecule has 0 unspecified atom stereocenters. The smallest absolute Gasteiger partial charge is 0.228 e. The zero-order chi connectivity index (χ0) is 18.4. The number of aliphatic hydroxyl groups is 1. The highest BCUT2D eigenvalue weighted by molar-refractivity contribution is 5.82. The van der Waals surface area contributed by atoms with Crippen LogP contribution in [0.25, 0.3) is 0 Å². The molecular weight excluding hydrogens is 310 g/mol. The number of rotatable bonds is 7. The number of hydrogen-bond acceptors (Lipinski definition) is 2. The Balaban J connectivity index is 2.15. The van der Waals surface area contributed by atoms with Crippen LogP contribution >= 0.6 is 0 Å². The second kappa shape index (κ2) is 8.30. The summed E-state index contributed by atoms with van der Waals surface area (Å²) in [5.74, 6) is 0.0707. The number of likely N-dealkylation sites (N-methyl/N-ethyl adjacent to an activating group) is 1. The summed E-state index contributed by atoms with van der Waals surface area (Å²) < 4.78 is 0. The van der Waals surface area contributed by atoms with Crippen molar-refractivity contribution in [2.45, 2.75) is 45.8 Å². The molecule has 134 valence electrons. The summed E-state index contributed by atoms with van der Waals surface area (Å²) in [6.45, 7) is 5.96. The molecule has 0 heterocycles. The highest BCUT2D eigenvalue weighted by Crippen LogP contribution is 2.31. The van der Waals surface area contributed by atoms with Crippen LogP contribution in [0.15, 0.2) is 60.7 Å². The number of carbonyl (C=O) groups is 1. The van der Waals surface area contributed by atoms with E-state index in [4.69, 9.17) is 0 Å². The Morgan fingerprint density at radius 2 is 1.60 bits per heavy atom. The fourth-order valence-electron chi connectivity index (χ4n) is 3.15. The summed E-state index contributed by atoms with van der Waals surface area (Å²) >= 11 is 0. The summed E-state index contributed by atoms with van der Waals surface area (Å²) in [6, 6.07) is 19.3. The maximum Gasteiger partial charge on any atom is 0.228 e. The normalized spacial score (nSPS) is 15.9. The van der Waals surface area contributed by atoms with E-state index in [2.05, 4.69) is 12.1 Å². The SMILES string of the molecule is CC[C@](C)(Cc1ccccc1)C(=O)N(C)[C@@H](C)[C@@H](O)c1ccccc1. The molecule has 0 saturated carbocycles. The van der Waals surface area contributed by atoms with Crippen LogP contribution in [-0.4, -0.2) is 29.0 Å². The Morgan fingerprint density at radius 3 is 2.12 bits per heavy atom. The van der Waals surface area contributed by atoms with Gasteiger partial charge in [0.05, 0.1) is 17.6 Å². The van der Waals surface area contributed by atoms with Gasteiger partial charge in [0.2, 0.25) is 5.91 Å². The number of benzene rings is 2. The highest BCUT2D eigenvalue weighted by atomic mass is 16.3. The topological polar surface area (TPSA) is 40.5 Å². The van der Waals surface area contributed by atoms with Crippen molar-refractivity contribution in [3.63, 3.8) is 0 Å². The lowest BCUT2D eigenvalue weighted by atomic mass is 9.79. The molecule has 0 aliphatic carbocycles. The average molecular weight is 339 g/mol. The van der Waals surface area contributed by atoms with E-state index in [1.807, 2.05) is 69.3 Å². The minimum Gasteiger partial charge on any atom is -0.386 e. The first kappa shape index (κ1) is 19.2. The van der Waals surface area contributed by atoms with Crippen molar-refractivity contribution in [3.8, 4) is 0 Å². The van der Waals surface area contributed by atoms with Crippen molar-refractivity contribution in [3.05, 3.63) is 71.8 Å². The minimum absolute atomic E-state index is 0.0707. The van der Waals surface area contributed by atoms with E-state index in [-0.39, 0.29) is 11.9 Å². The van der Waals surface area contributed by atoms with Gasteiger partial charge < -0.3 is 10.0 Å². The van der Waals surface area contributed by atoms with Crippen LogP contribution in [-0.2, 0) is 11.2 Å². The summed E-state index contributed by atoms with van der Waals surface area (Å²) in [6.07, 6.45) is 0.744. The van der Waals surface area contributed by atoms with Gasteiger partial charge in [0.15, 0.2) is 0 Å². The monoisotopic (exact) mass is 339 g/mol. The molecule has 25 heavy (non-hydrogen) atoms. The van der Waals surface area contributed by atoms with Gasteiger partial charge in [0.25, 0.3) is 0 Å². The summed E-state index contributed by atoms with van der Waals surface area (Å²) in [4.78, 5) is 14.9. The van der Waals surface area contributed by atoms with Crippen LogP contribution in [0.1, 0.15) is 44.4 Å². The largest absolute Gasteiger partial charge is 0.386 e. The first-order chi connectivity index (χ1) is 11.9. The molecule has 0 bridgehead atoms. The predicted molar refractivity (Wildman–Crippen MR) is 102 cm³/mol. The Bertz CT molecular complexity index is 671. The van der Waals surface area contributed by atoms with Gasteiger partial charge in [0.1, 0.15) is 0 Å². The lowest BCUT2D eigenvalue weighted by Gasteiger charge is -2.37. The van der Waals surface area contributed by atoms with Crippen LogP contribution in [0.4, 0.5) is 0 Å². The quantitative estimate of drug-likeness (QED) is 0.820. The van der Waals surface area contributed by atoms with Crippen molar-refractivity contribution in [2.24, 2.45) is 5.41 Å². The van der Waals surface area contributed by atoms with E-state index in [0.717, 1.165) is 17.5 Å². The van der Waals surface area contributed by atoms with Crippen molar-refractivity contribution < 1.29 is 9.90 Å². The molecule has 3 heteroatoms. The lowest BCUT2D eigenvalue weighted by Crippen LogP contribution is -2.47. The average Bonchev–Trinajstić information content (AvgIpc) is 2.67. The maximum absolute atomic E-state index is 13.2. The Hall–Kier alpha value is -2.13. The molecular formula is C22H29NO2. The van der Waals surface area contributed by atoms with E-state index in [1.54, 1.807) is 11.9 Å². The molecule has 3 atom stereocenters. The molecule has 3 nitrogen and oxygen atoms in total. The second-order valence-corrected chi connectivity index (χ2v) is 7.09. The number of hydrogen-bond donors (Lipinski definition) is 1. The molecule has 2 aromatic rings. The molecule has 0 fully saturated rings. The van der Waals surface area contributed by atoms with Gasteiger partial charge in [-0.3, -0.25) is 4.79 Å². The fourth-order valence-corrected chi connectivity index (χ4v) is 3.15. The predicted octanol–water partition coefficient (Wildman–Crippen LogP) is 4.23. The third-order valence-electron chi connectivity index (χ3n) is 5.26. The first-order valence-corrected chi connectivity index (χ1v) is 8.93. The van der Waals surface area contributed by atoms with E-state index in [9.17, 15) is 9.90 Å². The van der Waals surface area contributed by atoms with Crippen LogP contribution in [0.5, 0.6) is 0 Å². The number of amides is 1. The summed E-state index contributed by atoms with van der Waals surface area (Å²) in [7, 11) is 1.79. The van der Waals surface area contributed by atoms with Gasteiger partial charge in [-0.15, -0.1) is 0 Å². The first-order valence-electron chi connectivity index (χ1n) is 8.93. The summed E-state index contributed by atoms with van der Waals surface area (Å²) in [5, 5.41) is 10.6. The Labute approximate surface area is 151 Å². The lowest BCUT2D eigenvalue weighted by molar-refractivity contribution is -0.144. The molecule has 0 spiro atoms. The zero-order valence-electron chi connectivity index (χ0n) is 15.6. The van der Waals surface area contributed by atoms with Crippen molar-refractivity contribution >= 4 is 5.91 Å². The second-order valence-electron chi connectivity index (χ2n) is 7.09. The van der Waals surface area contributed by atoms with Gasteiger partial charge in [-0.05, 0) is 30.9 Å². The van der Waals surface area contributed by atoms with Gasteiger partial charge in [-0.25, -0.2) is 0 Å². The van der Waals surface area contributed by atoms with Gasteiger partial charge >= 0.3 is 0 Å². The Kier molecular flexibility index (Phi) is 6.38. The van der Waals surface area contributed by atoms with Crippen molar-refractivity contribution in [1.29, 1.82) is 0 Å².